The molecule has 0 aromatic heterocycles. The van der Waals surface area contributed by atoms with E-state index in [2.05, 4.69) is 16.0 Å². The molecule has 0 aromatic carbocycles. The quantitative estimate of drug-likeness (QED) is 0.421. The Bertz CT molecular complexity index is 266. The molecule has 1 rings (SSSR count). The summed E-state index contributed by atoms with van der Waals surface area (Å²) in [5, 5.41) is 25.9. The fourth-order valence-corrected chi connectivity index (χ4v) is 1.65. The number of carboxylic acids is 1. The van der Waals surface area contributed by atoms with Crippen molar-refractivity contribution in [3.63, 3.8) is 0 Å². The highest BCUT2D eigenvalue weighted by atomic mass is 16.4. The second kappa shape index (κ2) is 7.08. The summed E-state index contributed by atoms with van der Waals surface area (Å²) in [7, 11) is 0. The molecule has 1 heterocycles. The van der Waals surface area contributed by atoms with Crippen molar-refractivity contribution < 1.29 is 19.8 Å². The number of carboxylic acid groups (broad SMARTS) is 1. The molecule has 0 aromatic rings. The van der Waals surface area contributed by atoms with Gasteiger partial charge in [-0.25, -0.2) is 9.59 Å². The van der Waals surface area contributed by atoms with Gasteiger partial charge in [-0.1, -0.05) is 0 Å². The summed E-state index contributed by atoms with van der Waals surface area (Å²) < 4.78 is 0. The predicted molar refractivity (Wildman–Crippen MR) is 60.7 cm³/mol. The molecule has 2 amide bonds. The second-order valence-corrected chi connectivity index (χ2v) is 4.07. The number of aliphatic carboxylic acids is 1. The minimum atomic E-state index is -1.42. The minimum Gasteiger partial charge on any atom is -0.479 e. The van der Waals surface area contributed by atoms with E-state index in [1.165, 1.54) is 0 Å². The van der Waals surface area contributed by atoms with Crippen LogP contribution in [-0.2, 0) is 4.79 Å². The number of aliphatic hydroxyl groups is 1. The molecule has 1 aliphatic heterocycles. The molecule has 1 atom stereocenters. The summed E-state index contributed by atoms with van der Waals surface area (Å²) >= 11 is 0. The molecule has 98 valence electrons. The Morgan fingerprint density at radius 1 is 1.35 bits per heavy atom. The molecule has 0 spiro atoms. The number of nitrogens with one attached hydrogen (secondary N) is 3. The predicted octanol–water partition coefficient (Wildman–Crippen LogP) is -1.13. The van der Waals surface area contributed by atoms with Crippen molar-refractivity contribution in [3.05, 3.63) is 0 Å². The van der Waals surface area contributed by atoms with Gasteiger partial charge in [0.1, 0.15) is 0 Å². The molecule has 0 aliphatic carbocycles. The van der Waals surface area contributed by atoms with Gasteiger partial charge >= 0.3 is 12.0 Å². The Hall–Kier alpha value is -1.34. The summed E-state index contributed by atoms with van der Waals surface area (Å²) in [5.74, 6) is -1.27. The second-order valence-electron chi connectivity index (χ2n) is 4.07. The van der Waals surface area contributed by atoms with E-state index in [0.717, 1.165) is 25.9 Å². The van der Waals surface area contributed by atoms with Crippen molar-refractivity contribution >= 4 is 12.0 Å². The third kappa shape index (κ3) is 5.50. The number of hydrogen-bond acceptors (Lipinski definition) is 4. The van der Waals surface area contributed by atoms with Crippen LogP contribution in [0, 0.1) is 0 Å². The zero-order chi connectivity index (χ0) is 12.7. The summed E-state index contributed by atoms with van der Waals surface area (Å²) in [4.78, 5) is 21.7. The Balaban J connectivity index is 2.10. The Morgan fingerprint density at radius 3 is 2.59 bits per heavy atom. The highest BCUT2D eigenvalue weighted by Gasteiger charge is 2.16. The molecule has 7 nitrogen and oxygen atoms in total. The fraction of sp³-hybridized carbons (Fsp3) is 0.800. The molecule has 1 aliphatic rings. The normalized spacial score (nSPS) is 18.4. The molecular weight excluding hydrogens is 226 g/mol. The Kier molecular flexibility index (Phi) is 5.71. The number of carbonyl (C=O) groups excluding carboxylic acids is 1. The maximum Gasteiger partial charge on any atom is 0.332 e. The standard InChI is InChI=1S/C10H19N3O4/c14-8(9(15)16)3-6-12-10(17)13-7-1-4-11-5-2-7/h7-8,11,14H,1-6H2,(H,15,16)(H2,12,13,17)/t8-/m0/s1. The van der Waals surface area contributed by atoms with Crippen LogP contribution in [0.25, 0.3) is 0 Å². The number of aliphatic hydroxyl groups excluding tert-OH is 1. The SMILES string of the molecule is O=C(NCC[C@H](O)C(=O)O)NC1CCNCC1. The Labute approximate surface area is 99.6 Å². The highest BCUT2D eigenvalue weighted by Crippen LogP contribution is 2.01. The Morgan fingerprint density at radius 2 is 2.00 bits per heavy atom. The summed E-state index contributed by atoms with van der Waals surface area (Å²) in [6, 6.07) is -0.143. The van der Waals surface area contributed by atoms with Crippen LogP contribution in [-0.4, -0.2) is 54.0 Å². The molecule has 5 N–H and O–H groups in total. The van der Waals surface area contributed by atoms with Crippen LogP contribution in [0.3, 0.4) is 0 Å². The van der Waals surface area contributed by atoms with Crippen LogP contribution in [0.15, 0.2) is 0 Å². The van der Waals surface area contributed by atoms with Crippen LogP contribution in [0.1, 0.15) is 19.3 Å². The average molecular weight is 245 g/mol. The molecule has 0 saturated carbocycles. The maximum atomic E-state index is 11.4. The van der Waals surface area contributed by atoms with Crippen LogP contribution in [0.2, 0.25) is 0 Å². The lowest BCUT2D eigenvalue weighted by molar-refractivity contribution is -0.146. The van der Waals surface area contributed by atoms with Gasteiger partial charge in [-0.2, -0.15) is 0 Å². The average Bonchev–Trinajstić information content (AvgIpc) is 2.30. The number of piperidine rings is 1. The van der Waals surface area contributed by atoms with Gasteiger partial charge < -0.3 is 26.2 Å². The number of rotatable bonds is 5. The van der Waals surface area contributed by atoms with E-state index in [-0.39, 0.29) is 25.0 Å². The van der Waals surface area contributed by atoms with Crippen molar-refractivity contribution in [2.24, 2.45) is 0 Å². The zero-order valence-electron chi connectivity index (χ0n) is 9.61. The number of urea groups is 1. The van der Waals surface area contributed by atoms with Gasteiger partial charge in [0.05, 0.1) is 0 Å². The maximum absolute atomic E-state index is 11.4. The first-order valence-electron chi connectivity index (χ1n) is 5.75. The fourth-order valence-electron chi connectivity index (χ4n) is 1.65. The van der Waals surface area contributed by atoms with Crippen LogP contribution < -0.4 is 16.0 Å². The molecule has 0 unspecified atom stereocenters. The van der Waals surface area contributed by atoms with Gasteiger partial charge in [-0.15, -0.1) is 0 Å². The van der Waals surface area contributed by atoms with E-state index in [4.69, 9.17) is 10.2 Å². The number of amides is 2. The van der Waals surface area contributed by atoms with E-state index in [1.807, 2.05) is 0 Å². The van der Waals surface area contributed by atoms with E-state index < -0.39 is 12.1 Å². The van der Waals surface area contributed by atoms with Crippen LogP contribution >= 0.6 is 0 Å². The smallest absolute Gasteiger partial charge is 0.332 e. The lowest BCUT2D eigenvalue weighted by atomic mass is 10.1. The number of carbonyl (C=O) groups is 2. The third-order valence-electron chi connectivity index (χ3n) is 2.66. The topological polar surface area (TPSA) is 111 Å². The van der Waals surface area contributed by atoms with E-state index >= 15 is 0 Å². The van der Waals surface area contributed by atoms with Crippen molar-refractivity contribution in [3.8, 4) is 0 Å². The lowest BCUT2D eigenvalue weighted by Crippen LogP contribution is -2.47. The van der Waals surface area contributed by atoms with Gasteiger partial charge in [0.25, 0.3) is 0 Å². The van der Waals surface area contributed by atoms with Crippen molar-refractivity contribution in [2.75, 3.05) is 19.6 Å². The molecule has 1 saturated heterocycles. The first-order chi connectivity index (χ1) is 8.09. The van der Waals surface area contributed by atoms with Gasteiger partial charge in [0.2, 0.25) is 0 Å². The first kappa shape index (κ1) is 13.7. The highest BCUT2D eigenvalue weighted by molar-refractivity contribution is 5.74. The molecule has 7 heteroatoms. The van der Waals surface area contributed by atoms with Crippen molar-refractivity contribution in [1.29, 1.82) is 0 Å². The summed E-state index contributed by atoms with van der Waals surface area (Å²) in [6.07, 6.45) is 0.375. The van der Waals surface area contributed by atoms with Gasteiger partial charge in [-0.05, 0) is 25.9 Å². The van der Waals surface area contributed by atoms with Crippen molar-refractivity contribution in [1.82, 2.24) is 16.0 Å². The van der Waals surface area contributed by atoms with E-state index in [9.17, 15) is 9.59 Å². The van der Waals surface area contributed by atoms with Crippen molar-refractivity contribution in [2.45, 2.75) is 31.4 Å². The van der Waals surface area contributed by atoms with Gasteiger partial charge in [-0.3, -0.25) is 0 Å². The van der Waals surface area contributed by atoms with E-state index in [0.29, 0.717) is 0 Å². The monoisotopic (exact) mass is 245 g/mol. The van der Waals surface area contributed by atoms with Gasteiger partial charge in [0, 0.05) is 19.0 Å². The molecular formula is C10H19N3O4. The third-order valence-corrected chi connectivity index (χ3v) is 2.66. The summed E-state index contributed by atoms with van der Waals surface area (Å²) in [5.41, 5.74) is 0. The largest absolute Gasteiger partial charge is 0.479 e. The zero-order valence-corrected chi connectivity index (χ0v) is 9.61. The van der Waals surface area contributed by atoms with Crippen LogP contribution in [0.4, 0.5) is 4.79 Å². The minimum absolute atomic E-state index is 0.00890. The van der Waals surface area contributed by atoms with Gasteiger partial charge in [0.15, 0.2) is 6.10 Å². The molecule has 1 fully saturated rings. The molecule has 0 bridgehead atoms. The molecule has 17 heavy (non-hydrogen) atoms. The summed E-state index contributed by atoms with van der Waals surface area (Å²) in [6.45, 7) is 1.93. The number of hydrogen-bond donors (Lipinski definition) is 5. The van der Waals surface area contributed by atoms with E-state index in [1.54, 1.807) is 0 Å². The van der Waals surface area contributed by atoms with Crippen LogP contribution in [0.5, 0.6) is 0 Å². The lowest BCUT2D eigenvalue weighted by Gasteiger charge is -2.23. The first-order valence-corrected chi connectivity index (χ1v) is 5.75. The molecule has 0 radical (unpaired) electrons.